The standard InChI is InChI=1S/C17H23ClN2S/c1-4-16(19-5-2)13-6-8-14(9-7-13)20(3)12-15-10-11-17(18)21-15/h6-11,16,19H,4-5,12H2,1-3H3. The Kier molecular flexibility index (Phi) is 6.09. The average molecular weight is 323 g/mol. The first-order valence-electron chi connectivity index (χ1n) is 7.42. The fraction of sp³-hybridized carbons (Fsp3) is 0.412. The highest BCUT2D eigenvalue weighted by molar-refractivity contribution is 7.16. The maximum absolute atomic E-state index is 5.98. The third-order valence-electron chi connectivity index (χ3n) is 3.62. The Bertz CT molecular complexity index is 550. The predicted octanol–water partition coefficient (Wildman–Crippen LogP) is 5.10. The van der Waals surface area contributed by atoms with Gasteiger partial charge in [-0.15, -0.1) is 11.3 Å². The summed E-state index contributed by atoms with van der Waals surface area (Å²) in [5, 5.41) is 3.51. The molecular weight excluding hydrogens is 300 g/mol. The van der Waals surface area contributed by atoms with Crippen molar-refractivity contribution in [1.29, 1.82) is 0 Å². The smallest absolute Gasteiger partial charge is 0.0931 e. The molecule has 114 valence electrons. The molecule has 2 aromatic rings. The Morgan fingerprint density at radius 2 is 1.86 bits per heavy atom. The first-order valence-corrected chi connectivity index (χ1v) is 8.62. The zero-order chi connectivity index (χ0) is 15.2. The van der Waals surface area contributed by atoms with E-state index in [-0.39, 0.29) is 0 Å². The molecule has 0 spiro atoms. The molecule has 1 unspecified atom stereocenters. The first kappa shape index (κ1) is 16.3. The molecule has 2 nitrogen and oxygen atoms in total. The van der Waals surface area contributed by atoms with Gasteiger partial charge in [0.05, 0.1) is 10.9 Å². The number of halogens is 1. The Labute approximate surface area is 136 Å². The van der Waals surface area contributed by atoms with Gasteiger partial charge in [-0.05, 0) is 42.8 Å². The van der Waals surface area contributed by atoms with Crippen molar-refractivity contribution in [3.05, 3.63) is 51.2 Å². The van der Waals surface area contributed by atoms with Gasteiger partial charge in [0.2, 0.25) is 0 Å². The summed E-state index contributed by atoms with van der Waals surface area (Å²) in [7, 11) is 2.12. The minimum absolute atomic E-state index is 0.449. The van der Waals surface area contributed by atoms with Crippen LogP contribution in [0.25, 0.3) is 0 Å². The molecule has 0 radical (unpaired) electrons. The van der Waals surface area contributed by atoms with E-state index in [1.54, 1.807) is 11.3 Å². The number of nitrogens with one attached hydrogen (secondary N) is 1. The molecule has 21 heavy (non-hydrogen) atoms. The summed E-state index contributed by atoms with van der Waals surface area (Å²) in [6, 6.07) is 13.4. The average Bonchev–Trinajstić information content (AvgIpc) is 2.90. The fourth-order valence-corrected chi connectivity index (χ4v) is 3.61. The third kappa shape index (κ3) is 4.47. The first-order chi connectivity index (χ1) is 10.1. The highest BCUT2D eigenvalue weighted by Gasteiger charge is 2.09. The summed E-state index contributed by atoms with van der Waals surface area (Å²) < 4.78 is 0.852. The number of nitrogens with zero attached hydrogens (tertiary/aromatic N) is 1. The van der Waals surface area contributed by atoms with Gasteiger partial charge in [0.1, 0.15) is 0 Å². The molecule has 0 fully saturated rings. The lowest BCUT2D eigenvalue weighted by molar-refractivity contribution is 0.537. The summed E-state index contributed by atoms with van der Waals surface area (Å²) >= 11 is 7.63. The van der Waals surface area contributed by atoms with Gasteiger partial charge in [0.15, 0.2) is 0 Å². The van der Waals surface area contributed by atoms with E-state index in [1.165, 1.54) is 16.1 Å². The molecular formula is C17H23ClN2S. The molecule has 4 heteroatoms. The SMILES string of the molecule is CCNC(CC)c1ccc(N(C)Cc2ccc(Cl)s2)cc1. The Hall–Kier alpha value is -1.03. The number of hydrogen-bond acceptors (Lipinski definition) is 3. The van der Waals surface area contributed by atoms with Gasteiger partial charge in [-0.1, -0.05) is 37.6 Å². The number of hydrogen-bond donors (Lipinski definition) is 1. The van der Waals surface area contributed by atoms with Crippen LogP contribution in [0, 0.1) is 0 Å². The quantitative estimate of drug-likeness (QED) is 0.763. The monoisotopic (exact) mass is 322 g/mol. The second-order valence-corrected chi connectivity index (χ2v) is 6.97. The van der Waals surface area contributed by atoms with Crippen molar-refractivity contribution in [3.63, 3.8) is 0 Å². The molecule has 1 heterocycles. The van der Waals surface area contributed by atoms with E-state index < -0.39 is 0 Å². The zero-order valence-electron chi connectivity index (χ0n) is 12.9. The predicted molar refractivity (Wildman–Crippen MR) is 94.6 cm³/mol. The van der Waals surface area contributed by atoms with Gasteiger partial charge in [0.25, 0.3) is 0 Å². The molecule has 2 rings (SSSR count). The minimum Gasteiger partial charge on any atom is -0.369 e. The van der Waals surface area contributed by atoms with Gasteiger partial charge in [-0.25, -0.2) is 0 Å². The van der Waals surface area contributed by atoms with Gasteiger partial charge >= 0.3 is 0 Å². The molecule has 0 aliphatic rings. The summed E-state index contributed by atoms with van der Waals surface area (Å²) in [5.41, 5.74) is 2.59. The largest absolute Gasteiger partial charge is 0.369 e. The summed E-state index contributed by atoms with van der Waals surface area (Å²) in [4.78, 5) is 3.53. The van der Waals surface area contributed by atoms with E-state index in [1.807, 2.05) is 6.07 Å². The van der Waals surface area contributed by atoms with Crippen molar-refractivity contribution in [3.8, 4) is 0 Å². The van der Waals surface area contributed by atoms with Crippen LogP contribution in [-0.2, 0) is 6.54 Å². The number of rotatable bonds is 7. The van der Waals surface area contributed by atoms with E-state index >= 15 is 0 Å². The molecule has 1 N–H and O–H groups in total. The molecule has 0 amide bonds. The van der Waals surface area contributed by atoms with Gasteiger partial charge < -0.3 is 10.2 Å². The maximum atomic E-state index is 5.98. The highest BCUT2D eigenvalue weighted by atomic mass is 35.5. The van der Waals surface area contributed by atoms with Crippen LogP contribution in [0.1, 0.15) is 36.8 Å². The van der Waals surface area contributed by atoms with Crippen LogP contribution in [-0.4, -0.2) is 13.6 Å². The molecule has 0 saturated carbocycles. The van der Waals surface area contributed by atoms with Gasteiger partial charge in [-0.2, -0.15) is 0 Å². The van der Waals surface area contributed by atoms with Gasteiger partial charge in [0, 0.05) is 23.7 Å². The van der Waals surface area contributed by atoms with E-state index in [4.69, 9.17) is 11.6 Å². The van der Waals surface area contributed by atoms with Crippen LogP contribution in [0.4, 0.5) is 5.69 Å². The minimum atomic E-state index is 0.449. The van der Waals surface area contributed by atoms with Crippen LogP contribution >= 0.6 is 22.9 Å². The van der Waals surface area contributed by atoms with E-state index in [2.05, 4.69) is 61.4 Å². The highest BCUT2D eigenvalue weighted by Crippen LogP contribution is 2.25. The Morgan fingerprint density at radius 3 is 2.38 bits per heavy atom. The second-order valence-electron chi connectivity index (χ2n) is 5.17. The van der Waals surface area contributed by atoms with Crippen molar-refractivity contribution in [2.45, 2.75) is 32.9 Å². The van der Waals surface area contributed by atoms with E-state index in [0.717, 1.165) is 23.8 Å². The molecule has 0 aliphatic heterocycles. The summed E-state index contributed by atoms with van der Waals surface area (Å²) in [6.07, 6.45) is 1.11. The summed E-state index contributed by atoms with van der Waals surface area (Å²) in [6.45, 7) is 6.26. The molecule has 1 aromatic carbocycles. The van der Waals surface area contributed by atoms with Crippen molar-refractivity contribution < 1.29 is 0 Å². The molecule has 1 aromatic heterocycles. The lowest BCUT2D eigenvalue weighted by Gasteiger charge is -2.21. The van der Waals surface area contributed by atoms with E-state index in [0.29, 0.717) is 6.04 Å². The van der Waals surface area contributed by atoms with E-state index in [9.17, 15) is 0 Å². The van der Waals surface area contributed by atoms with Crippen LogP contribution in [0.15, 0.2) is 36.4 Å². The van der Waals surface area contributed by atoms with Gasteiger partial charge in [-0.3, -0.25) is 0 Å². The molecule has 0 saturated heterocycles. The normalized spacial score (nSPS) is 12.4. The lowest BCUT2D eigenvalue weighted by atomic mass is 10.0. The Balaban J connectivity index is 2.03. The number of thiophene rings is 1. The zero-order valence-corrected chi connectivity index (χ0v) is 14.5. The second kappa shape index (κ2) is 7.83. The van der Waals surface area contributed by atoms with Crippen molar-refractivity contribution >= 4 is 28.6 Å². The molecule has 0 bridgehead atoms. The fourth-order valence-electron chi connectivity index (χ4n) is 2.47. The van der Waals surface area contributed by atoms with Crippen molar-refractivity contribution in [2.75, 3.05) is 18.5 Å². The van der Waals surface area contributed by atoms with Crippen LogP contribution in [0.2, 0.25) is 4.34 Å². The molecule has 1 atom stereocenters. The Morgan fingerprint density at radius 1 is 1.14 bits per heavy atom. The van der Waals surface area contributed by atoms with Crippen LogP contribution < -0.4 is 10.2 Å². The lowest BCUT2D eigenvalue weighted by Crippen LogP contribution is -2.20. The van der Waals surface area contributed by atoms with Crippen LogP contribution in [0.3, 0.4) is 0 Å². The van der Waals surface area contributed by atoms with Crippen molar-refractivity contribution in [1.82, 2.24) is 5.32 Å². The number of benzene rings is 1. The molecule has 0 aliphatic carbocycles. The number of anilines is 1. The summed E-state index contributed by atoms with van der Waals surface area (Å²) in [5.74, 6) is 0. The topological polar surface area (TPSA) is 15.3 Å². The maximum Gasteiger partial charge on any atom is 0.0931 e. The van der Waals surface area contributed by atoms with Crippen molar-refractivity contribution in [2.24, 2.45) is 0 Å². The third-order valence-corrected chi connectivity index (χ3v) is 4.83. The van der Waals surface area contributed by atoms with Crippen LogP contribution in [0.5, 0.6) is 0 Å².